The summed E-state index contributed by atoms with van der Waals surface area (Å²) in [5.41, 5.74) is 4.43. The standard InChI is InChI=1S/C24H23NO/c1-25(24(26)18-21-13-7-3-8-14-21)19-23(22-15-9-4-10-16-22)17-20-11-5-2-6-12-20/h2-17H,18-19H2,1H3/b23-17-. The predicted molar refractivity (Wildman–Crippen MR) is 109 cm³/mol. The summed E-state index contributed by atoms with van der Waals surface area (Å²) in [5.74, 6) is 0.117. The van der Waals surface area contributed by atoms with Gasteiger partial charge >= 0.3 is 0 Å². The Hall–Kier alpha value is -3.13. The van der Waals surface area contributed by atoms with Gasteiger partial charge in [-0.1, -0.05) is 91.0 Å². The lowest BCUT2D eigenvalue weighted by atomic mass is 10.0. The van der Waals surface area contributed by atoms with Gasteiger partial charge in [0, 0.05) is 13.6 Å². The molecule has 0 aliphatic heterocycles. The number of benzene rings is 3. The Morgan fingerprint density at radius 1 is 0.808 bits per heavy atom. The highest BCUT2D eigenvalue weighted by molar-refractivity contribution is 5.86. The van der Waals surface area contributed by atoms with Crippen molar-refractivity contribution in [3.05, 3.63) is 108 Å². The van der Waals surface area contributed by atoms with Gasteiger partial charge in [0.15, 0.2) is 0 Å². The first-order chi connectivity index (χ1) is 12.7. The number of carbonyl (C=O) groups is 1. The fourth-order valence-electron chi connectivity index (χ4n) is 2.87. The minimum absolute atomic E-state index is 0.117. The van der Waals surface area contributed by atoms with Gasteiger partial charge in [-0.15, -0.1) is 0 Å². The van der Waals surface area contributed by atoms with Crippen molar-refractivity contribution < 1.29 is 4.79 Å². The van der Waals surface area contributed by atoms with E-state index in [1.807, 2.05) is 73.8 Å². The van der Waals surface area contributed by atoms with Crippen molar-refractivity contribution in [1.29, 1.82) is 0 Å². The van der Waals surface area contributed by atoms with Crippen LogP contribution >= 0.6 is 0 Å². The average molecular weight is 341 g/mol. The molecule has 0 bridgehead atoms. The van der Waals surface area contributed by atoms with Crippen molar-refractivity contribution in [2.24, 2.45) is 0 Å². The van der Waals surface area contributed by atoms with Crippen LogP contribution in [-0.2, 0) is 11.2 Å². The van der Waals surface area contributed by atoms with Crippen LogP contribution in [0.25, 0.3) is 11.6 Å². The van der Waals surface area contributed by atoms with Crippen molar-refractivity contribution in [3.63, 3.8) is 0 Å². The van der Waals surface area contributed by atoms with E-state index >= 15 is 0 Å². The van der Waals surface area contributed by atoms with Gasteiger partial charge in [-0.05, 0) is 28.3 Å². The number of hydrogen-bond donors (Lipinski definition) is 0. The average Bonchev–Trinajstić information content (AvgIpc) is 2.69. The molecule has 3 rings (SSSR count). The minimum Gasteiger partial charge on any atom is -0.341 e. The summed E-state index contributed by atoms with van der Waals surface area (Å²) in [6.45, 7) is 0.574. The molecule has 0 aromatic heterocycles. The third-order valence-electron chi connectivity index (χ3n) is 4.32. The van der Waals surface area contributed by atoms with Crippen LogP contribution in [-0.4, -0.2) is 24.4 Å². The van der Waals surface area contributed by atoms with Crippen LogP contribution in [0.5, 0.6) is 0 Å². The Morgan fingerprint density at radius 3 is 1.96 bits per heavy atom. The molecule has 0 aliphatic rings. The second-order valence-corrected chi connectivity index (χ2v) is 6.36. The Kier molecular flexibility index (Phi) is 6.00. The molecule has 0 heterocycles. The number of likely N-dealkylation sites (N-methyl/N-ethyl adjacent to an activating group) is 1. The fourth-order valence-corrected chi connectivity index (χ4v) is 2.87. The number of amides is 1. The maximum absolute atomic E-state index is 12.6. The van der Waals surface area contributed by atoms with Crippen molar-refractivity contribution in [2.45, 2.75) is 6.42 Å². The lowest BCUT2D eigenvalue weighted by Crippen LogP contribution is -2.29. The molecular formula is C24H23NO. The molecule has 0 fully saturated rings. The molecule has 1 amide bonds. The second kappa shape index (κ2) is 8.82. The van der Waals surface area contributed by atoms with Gasteiger partial charge in [0.2, 0.25) is 5.91 Å². The highest BCUT2D eigenvalue weighted by Gasteiger charge is 2.12. The molecule has 3 aromatic carbocycles. The summed E-state index contributed by atoms with van der Waals surface area (Å²) in [6.07, 6.45) is 2.58. The molecule has 0 saturated carbocycles. The quantitative estimate of drug-likeness (QED) is 0.582. The van der Waals surface area contributed by atoms with E-state index < -0.39 is 0 Å². The molecule has 0 aliphatic carbocycles. The Morgan fingerprint density at radius 2 is 1.35 bits per heavy atom. The van der Waals surface area contributed by atoms with E-state index in [1.54, 1.807) is 4.90 Å². The molecule has 0 atom stereocenters. The van der Waals surface area contributed by atoms with E-state index in [-0.39, 0.29) is 5.91 Å². The third-order valence-corrected chi connectivity index (χ3v) is 4.32. The van der Waals surface area contributed by atoms with E-state index in [0.29, 0.717) is 13.0 Å². The van der Waals surface area contributed by atoms with Crippen LogP contribution < -0.4 is 0 Å². The zero-order valence-corrected chi connectivity index (χ0v) is 15.0. The number of rotatable bonds is 6. The lowest BCUT2D eigenvalue weighted by molar-refractivity contribution is -0.128. The molecule has 0 saturated heterocycles. The minimum atomic E-state index is 0.117. The Balaban J connectivity index is 1.79. The summed E-state index contributed by atoms with van der Waals surface area (Å²) < 4.78 is 0. The molecule has 0 unspecified atom stereocenters. The van der Waals surface area contributed by atoms with Crippen LogP contribution in [0.2, 0.25) is 0 Å². The normalized spacial score (nSPS) is 11.2. The molecule has 0 radical (unpaired) electrons. The molecule has 3 aromatic rings. The number of nitrogens with zero attached hydrogens (tertiary/aromatic N) is 1. The zero-order chi connectivity index (χ0) is 18.2. The van der Waals surface area contributed by atoms with Crippen molar-refractivity contribution in [1.82, 2.24) is 4.90 Å². The maximum Gasteiger partial charge on any atom is 0.227 e. The Labute approximate surface area is 155 Å². The monoisotopic (exact) mass is 341 g/mol. The molecule has 0 N–H and O–H groups in total. The van der Waals surface area contributed by atoms with E-state index in [9.17, 15) is 4.79 Å². The van der Waals surface area contributed by atoms with Crippen LogP contribution in [0, 0.1) is 0 Å². The fraction of sp³-hybridized carbons (Fsp3) is 0.125. The largest absolute Gasteiger partial charge is 0.341 e. The van der Waals surface area contributed by atoms with Gasteiger partial charge in [-0.25, -0.2) is 0 Å². The first-order valence-electron chi connectivity index (χ1n) is 8.81. The van der Waals surface area contributed by atoms with Crippen LogP contribution in [0.1, 0.15) is 16.7 Å². The molecule has 130 valence electrons. The van der Waals surface area contributed by atoms with Crippen LogP contribution in [0.15, 0.2) is 91.0 Å². The smallest absolute Gasteiger partial charge is 0.227 e. The van der Waals surface area contributed by atoms with Crippen molar-refractivity contribution in [2.75, 3.05) is 13.6 Å². The third kappa shape index (κ3) is 4.93. The first kappa shape index (κ1) is 17.7. The lowest BCUT2D eigenvalue weighted by Gasteiger charge is -2.20. The SMILES string of the molecule is CN(C/C(=C/c1ccccc1)c1ccccc1)C(=O)Cc1ccccc1. The predicted octanol–water partition coefficient (Wildman–Crippen LogP) is 4.93. The summed E-state index contributed by atoms with van der Waals surface area (Å²) in [4.78, 5) is 14.4. The van der Waals surface area contributed by atoms with Crippen LogP contribution in [0.4, 0.5) is 0 Å². The van der Waals surface area contributed by atoms with Gasteiger partial charge in [-0.2, -0.15) is 0 Å². The van der Waals surface area contributed by atoms with Gasteiger partial charge in [-0.3, -0.25) is 4.79 Å². The van der Waals surface area contributed by atoms with Crippen molar-refractivity contribution >= 4 is 17.6 Å². The molecular weight excluding hydrogens is 318 g/mol. The molecule has 0 spiro atoms. The van der Waals surface area contributed by atoms with E-state index in [0.717, 1.165) is 22.3 Å². The summed E-state index contributed by atoms with van der Waals surface area (Å²) >= 11 is 0. The summed E-state index contributed by atoms with van der Waals surface area (Å²) in [5, 5.41) is 0. The summed E-state index contributed by atoms with van der Waals surface area (Å²) in [6, 6.07) is 30.3. The highest BCUT2D eigenvalue weighted by Crippen LogP contribution is 2.19. The van der Waals surface area contributed by atoms with Gasteiger partial charge in [0.25, 0.3) is 0 Å². The second-order valence-electron chi connectivity index (χ2n) is 6.36. The van der Waals surface area contributed by atoms with E-state index in [2.05, 4.69) is 30.3 Å². The maximum atomic E-state index is 12.6. The number of carbonyl (C=O) groups excluding carboxylic acids is 1. The van der Waals surface area contributed by atoms with Gasteiger partial charge in [0.05, 0.1) is 6.42 Å². The molecule has 2 heteroatoms. The topological polar surface area (TPSA) is 20.3 Å². The van der Waals surface area contributed by atoms with Crippen molar-refractivity contribution in [3.8, 4) is 0 Å². The van der Waals surface area contributed by atoms with Crippen LogP contribution in [0.3, 0.4) is 0 Å². The summed E-state index contributed by atoms with van der Waals surface area (Å²) in [7, 11) is 1.87. The first-order valence-corrected chi connectivity index (χ1v) is 8.81. The van der Waals surface area contributed by atoms with Gasteiger partial charge in [0.1, 0.15) is 0 Å². The highest BCUT2D eigenvalue weighted by atomic mass is 16.2. The zero-order valence-electron chi connectivity index (χ0n) is 15.0. The molecule has 26 heavy (non-hydrogen) atoms. The van der Waals surface area contributed by atoms with Gasteiger partial charge < -0.3 is 4.90 Å². The van der Waals surface area contributed by atoms with E-state index in [1.165, 1.54) is 0 Å². The number of hydrogen-bond acceptors (Lipinski definition) is 1. The molecule has 2 nitrogen and oxygen atoms in total. The van der Waals surface area contributed by atoms with E-state index in [4.69, 9.17) is 0 Å². The Bertz CT molecular complexity index is 854.